The lowest BCUT2D eigenvalue weighted by Crippen LogP contribution is -2.36. The molecule has 10 heteroatoms. The predicted molar refractivity (Wildman–Crippen MR) is 161 cm³/mol. The van der Waals surface area contributed by atoms with E-state index >= 15 is 0 Å². The highest BCUT2D eigenvalue weighted by atomic mass is 19.1. The molecule has 1 atom stereocenters. The van der Waals surface area contributed by atoms with Crippen LogP contribution in [0.25, 0.3) is 22.2 Å². The Kier molecular flexibility index (Phi) is 8.39. The lowest BCUT2D eigenvalue weighted by Gasteiger charge is -2.30. The summed E-state index contributed by atoms with van der Waals surface area (Å²) in [5.74, 6) is 0.446. The van der Waals surface area contributed by atoms with Gasteiger partial charge in [0.05, 0.1) is 23.0 Å². The predicted octanol–water partition coefficient (Wildman–Crippen LogP) is 4.87. The quantitative estimate of drug-likeness (QED) is 0.268. The summed E-state index contributed by atoms with van der Waals surface area (Å²) in [6.45, 7) is 6.96. The first-order chi connectivity index (χ1) is 19.8. The van der Waals surface area contributed by atoms with E-state index in [1.165, 1.54) is 7.05 Å². The monoisotopic (exact) mass is 556 g/mol. The molecule has 214 valence electrons. The molecule has 9 nitrogen and oxygen atoms in total. The SMILES string of the molecule is CC[C@](C)(CNc1cc(-c2ccc(NC3CCN(C)CC3)nc2)ncn1)c1cccc2c(C(=O)NC)c(F)cnc12. The number of piperidine rings is 1. The normalized spacial score (nSPS) is 15.8. The van der Waals surface area contributed by atoms with Crippen molar-refractivity contribution < 1.29 is 9.18 Å². The molecule has 0 saturated carbocycles. The lowest BCUT2D eigenvalue weighted by molar-refractivity contribution is 0.0960. The molecule has 1 saturated heterocycles. The number of benzene rings is 1. The zero-order valence-electron chi connectivity index (χ0n) is 24.0. The number of aromatic nitrogens is 4. The van der Waals surface area contributed by atoms with Gasteiger partial charge in [0.2, 0.25) is 0 Å². The van der Waals surface area contributed by atoms with Gasteiger partial charge in [0, 0.05) is 48.3 Å². The minimum absolute atomic E-state index is 0.00683. The lowest BCUT2D eigenvalue weighted by atomic mass is 9.78. The van der Waals surface area contributed by atoms with Crippen molar-refractivity contribution in [2.45, 2.75) is 44.6 Å². The highest BCUT2D eigenvalue weighted by molar-refractivity contribution is 6.06. The van der Waals surface area contributed by atoms with E-state index in [9.17, 15) is 9.18 Å². The van der Waals surface area contributed by atoms with Gasteiger partial charge in [-0.1, -0.05) is 32.0 Å². The maximum absolute atomic E-state index is 14.6. The highest BCUT2D eigenvalue weighted by Crippen LogP contribution is 2.34. The second kappa shape index (κ2) is 12.1. The topological polar surface area (TPSA) is 108 Å². The Bertz CT molecular complexity index is 1520. The molecule has 0 spiro atoms. The van der Waals surface area contributed by atoms with E-state index in [1.807, 2.05) is 36.5 Å². The third-order valence-corrected chi connectivity index (χ3v) is 8.19. The summed E-state index contributed by atoms with van der Waals surface area (Å²) in [4.78, 5) is 32.7. The third kappa shape index (κ3) is 6.12. The maximum atomic E-state index is 14.6. The Hall–Kier alpha value is -4.18. The van der Waals surface area contributed by atoms with E-state index in [-0.39, 0.29) is 11.0 Å². The van der Waals surface area contributed by atoms with E-state index in [0.717, 1.165) is 61.2 Å². The minimum atomic E-state index is -0.640. The molecule has 1 fully saturated rings. The largest absolute Gasteiger partial charge is 0.369 e. The average Bonchev–Trinajstić information content (AvgIpc) is 3.01. The van der Waals surface area contributed by atoms with Gasteiger partial charge in [-0.2, -0.15) is 0 Å². The van der Waals surface area contributed by atoms with Gasteiger partial charge >= 0.3 is 0 Å². The minimum Gasteiger partial charge on any atom is -0.369 e. The Balaban J connectivity index is 1.33. The number of anilines is 2. The summed E-state index contributed by atoms with van der Waals surface area (Å²) < 4.78 is 14.6. The summed E-state index contributed by atoms with van der Waals surface area (Å²) in [5.41, 5.74) is 2.86. The molecule has 0 unspecified atom stereocenters. The number of amides is 1. The van der Waals surface area contributed by atoms with Crippen LogP contribution >= 0.6 is 0 Å². The van der Waals surface area contributed by atoms with Crippen LogP contribution in [0.3, 0.4) is 0 Å². The molecule has 1 amide bonds. The summed E-state index contributed by atoms with van der Waals surface area (Å²) in [6, 6.07) is 12.0. The third-order valence-electron chi connectivity index (χ3n) is 8.19. The van der Waals surface area contributed by atoms with Crippen LogP contribution in [0.1, 0.15) is 49.0 Å². The average molecular weight is 557 g/mol. The van der Waals surface area contributed by atoms with Crippen LogP contribution in [0, 0.1) is 5.82 Å². The zero-order chi connectivity index (χ0) is 29.0. The Labute approximate surface area is 240 Å². The van der Waals surface area contributed by atoms with Crippen LogP contribution in [-0.4, -0.2) is 70.5 Å². The van der Waals surface area contributed by atoms with E-state index in [2.05, 4.69) is 61.7 Å². The second-order valence-corrected chi connectivity index (χ2v) is 11.0. The number of carbonyl (C=O) groups excluding carboxylic acids is 1. The Morgan fingerprint density at radius 3 is 2.59 bits per heavy atom. The first kappa shape index (κ1) is 28.4. The van der Waals surface area contributed by atoms with Crippen molar-refractivity contribution in [3.05, 3.63) is 72.1 Å². The van der Waals surface area contributed by atoms with E-state index in [1.54, 1.807) is 12.4 Å². The van der Waals surface area contributed by atoms with Crippen molar-refractivity contribution in [3.63, 3.8) is 0 Å². The van der Waals surface area contributed by atoms with Crippen molar-refractivity contribution >= 4 is 28.4 Å². The van der Waals surface area contributed by atoms with Gasteiger partial charge in [-0.15, -0.1) is 0 Å². The number of para-hydroxylation sites is 1. The van der Waals surface area contributed by atoms with Gasteiger partial charge in [0.25, 0.3) is 5.91 Å². The molecule has 3 N–H and O–H groups in total. The molecule has 3 aromatic heterocycles. The van der Waals surface area contributed by atoms with E-state index < -0.39 is 11.7 Å². The number of nitrogens with one attached hydrogen (secondary N) is 3. The van der Waals surface area contributed by atoms with Gasteiger partial charge in [0.1, 0.15) is 18.0 Å². The van der Waals surface area contributed by atoms with Crippen molar-refractivity contribution in [2.24, 2.45) is 0 Å². The molecule has 4 heterocycles. The van der Waals surface area contributed by atoms with Crippen LogP contribution in [-0.2, 0) is 5.41 Å². The Morgan fingerprint density at radius 1 is 1.07 bits per heavy atom. The van der Waals surface area contributed by atoms with E-state index in [4.69, 9.17) is 0 Å². The number of nitrogens with zero attached hydrogens (tertiary/aromatic N) is 5. The van der Waals surface area contributed by atoms with Crippen LogP contribution in [0.5, 0.6) is 0 Å². The van der Waals surface area contributed by atoms with Crippen LogP contribution in [0.15, 0.2) is 55.1 Å². The van der Waals surface area contributed by atoms with Crippen LogP contribution in [0.2, 0.25) is 0 Å². The van der Waals surface area contributed by atoms with Gasteiger partial charge in [-0.3, -0.25) is 9.78 Å². The zero-order valence-corrected chi connectivity index (χ0v) is 24.0. The summed E-state index contributed by atoms with van der Waals surface area (Å²) >= 11 is 0. The fourth-order valence-corrected chi connectivity index (χ4v) is 5.34. The Morgan fingerprint density at radius 2 is 1.88 bits per heavy atom. The van der Waals surface area contributed by atoms with E-state index in [0.29, 0.717) is 29.3 Å². The number of hydrogen-bond donors (Lipinski definition) is 3. The summed E-state index contributed by atoms with van der Waals surface area (Å²) in [6.07, 6.45) is 7.51. The molecular weight excluding hydrogens is 519 g/mol. The number of likely N-dealkylation sites (tertiary alicyclic amines) is 1. The molecule has 41 heavy (non-hydrogen) atoms. The highest BCUT2D eigenvalue weighted by Gasteiger charge is 2.29. The molecule has 0 bridgehead atoms. The van der Waals surface area contributed by atoms with Crippen molar-refractivity contribution in [3.8, 4) is 11.3 Å². The molecule has 1 aliphatic heterocycles. The van der Waals surface area contributed by atoms with Crippen LogP contribution < -0.4 is 16.0 Å². The van der Waals surface area contributed by atoms with Crippen molar-refractivity contribution in [1.29, 1.82) is 0 Å². The number of fused-ring (bicyclic) bond motifs is 1. The number of halogens is 1. The smallest absolute Gasteiger partial charge is 0.254 e. The van der Waals surface area contributed by atoms with Crippen LogP contribution in [0.4, 0.5) is 16.0 Å². The van der Waals surface area contributed by atoms with Gasteiger partial charge in [-0.05, 0) is 57.1 Å². The first-order valence-electron chi connectivity index (χ1n) is 14.1. The molecule has 1 aliphatic rings. The molecular formula is C31H37FN8O. The second-order valence-electron chi connectivity index (χ2n) is 11.0. The maximum Gasteiger partial charge on any atom is 0.254 e. The molecule has 0 aliphatic carbocycles. The fraction of sp³-hybridized carbons (Fsp3) is 0.387. The molecule has 4 aromatic rings. The number of hydrogen-bond acceptors (Lipinski definition) is 8. The number of pyridine rings is 2. The fourth-order valence-electron chi connectivity index (χ4n) is 5.34. The van der Waals surface area contributed by atoms with Crippen molar-refractivity contribution in [1.82, 2.24) is 30.2 Å². The summed E-state index contributed by atoms with van der Waals surface area (Å²) in [5, 5.41) is 10.0. The molecule has 1 aromatic carbocycles. The molecule has 5 rings (SSSR count). The standard InChI is InChI=1S/C31H37FN8O/c1-5-31(2,23-8-6-7-22-28(30(41)33-3)24(32)17-35-29(22)23)18-36-27-15-25(37-19-38-27)20-9-10-26(34-16-20)39-21-11-13-40(4)14-12-21/h6-10,15-17,19,21H,5,11-14,18H2,1-4H3,(H,33,41)(H,34,39)(H,36,37,38)/t31-/m1/s1. The van der Waals surface area contributed by atoms with Gasteiger partial charge in [-0.25, -0.2) is 19.3 Å². The number of carbonyl (C=O) groups is 1. The first-order valence-corrected chi connectivity index (χ1v) is 14.1. The number of rotatable bonds is 9. The van der Waals surface area contributed by atoms with Crippen molar-refractivity contribution in [2.75, 3.05) is 44.4 Å². The molecule has 0 radical (unpaired) electrons. The van der Waals surface area contributed by atoms with Gasteiger partial charge < -0.3 is 20.9 Å². The summed E-state index contributed by atoms with van der Waals surface area (Å²) in [7, 11) is 3.65. The van der Waals surface area contributed by atoms with Gasteiger partial charge in [0.15, 0.2) is 5.82 Å².